The summed E-state index contributed by atoms with van der Waals surface area (Å²) in [6.07, 6.45) is 2.52. The highest BCUT2D eigenvalue weighted by Gasteiger charge is 2.08. The fourth-order valence-corrected chi connectivity index (χ4v) is 2.59. The minimum Gasteiger partial charge on any atom is -0.483 e. The number of aromatic nitrogens is 3. The van der Waals surface area contributed by atoms with Crippen molar-refractivity contribution in [2.75, 3.05) is 13.2 Å². The predicted molar refractivity (Wildman–Crippen MR) is 91.1 cm³/mol. The normalized spacial score (nSPS) is 10.8. The van der Waals surface area contributed by atoms with Crippen LogP contribution in [0, 0.1) is 13.8 Å². The van der Waals surface area contributed by atoms with Gasteiger partial charge in [-0.3, -0.25) is 9.20 Å². The quantitative estimate of drug-likeness (QED) is 0.754. The molecule has 1 aromatic carbocycles. The maximum atomic E-state index is 12.0. The highest BCUT2D eigenvalue weighted by molar-refractivity contribution is 5.77. The number of aryl methyl sites for hydroxylation is 2. The molecule has 0 saturated heterocycles. The molecule has 0 aliphatic carbocycles. The van der Waals surface area contributed by atoms with Crippen molar-refractivity contribution >= 4 is 11.6 Å². The SMILES string of the molecule is Cc1cccc(C)c1OCC(=O)NCCc1nnc2ccccn12. The lowest BCUT2D eigenvalue weighted by Crippen LogP contribution is -2.31. The van der Waals surface area contributed by atoms with Gasteiger partial charge in [0.25, 0.3) is 5.91 Å². The van der Waals surface area contributed by atoms with Crippen molar-refractivity contribution in [1.82, 2.24) is 19.9 Å². The highest BCUT2D eigenvalue weighted by atomic mass is 16.5. The molecule has 1 N–H and O–H groups in total. The van der Waals surface area contributed by atoms with Crippen molar-refractivity contribution in [2.45, 2.75) is 20.3 Å². The molecule has 0 spiro atoms. The largest absolute Gasteiger partial charge is 0.483 e. The molecule has 0 unspecified atom stereocenters. The Hall–Kier alpha value is -2.89. The van der Waals surface area contributed by atoms with E-state index < -0.39 is 0 Å². The average molecular weight is 324 g/mol. The van der Waals surface area contributed by atoms with Crippen LogP contribution in [0.15, 0.2) is 42.6 Å². The van der Waals surface area contributed by atoms with E-state index in [1.54, 1.807) is 0 Å². The van der Waals surface area contributed by atoms with Gasteiger partial charge in [0.15, 0.2) is 12.3 Å². The standard InChI is InChI=1S/C18H20N4O2/c1-13-6-5-7-14(2)18(13)24-12-17(23)19-10-9-16-21-20-15-8-3-4-11-22(15)16/h3-8,11H,9-10,12H2,1-2H3,(H,19,23). The van der Waals surface area contributed by atoms with Crippen LogP contribution in [0.2, 0.25) is 0 Å². The topological polar surface area (TPSA) is 68.5 Å². The van der Waals surface area contributed by atoms with E-state index in [0.717, 1.165) is 28.3 Å². The number of nitrogens with one attached hydrogen (secondary N) is 1. The van der Waals surface area contributed by atoms with Crippen LogP contribution in [0.4, 0.5) is 0 Å². The molecule has 0 aliphatic rings. The number of benzene rings is 1. The summed E-state index contributed by atoms with van der Waals surface area (Å²) < 4.78 is 7.56. The number of para-hydroxylation sites is 1. The number of hydrogen-bond donors (Lipinski definition) is 1. The number of carbonyl (C=O) groups is 1. The summed E-state index contributed by atoms with van der Waals surface area (Å²) in [4.78, 5) is 12.0. The molecule has 1 amide bonds. The fraction of sp³-hybridized carbons (Fsp3) is 0.278. The monoisotopic (exact) mass is 324 g/mol. The Morgan fingerprint density at radius 3 is 2.71 bits per heavy atom. The van der Waals surface area contributed by atoms with Crippen LogP contribution in [0.5, 0.6) is 5.75 Å². The van der Waals surface area contributed by atoms with Crippen LogP contribution in [0.3, 0.4) is 0 Å². The minimum absolute atomic E-state index is 0.00622. The van der Waals surface area contributed by atoms with Crippen LogP contribution < -0.4 is 10.1 Å². The molecule has 0 fully saturated rings. The number of hydrogen-bond acceptors (Lipinski definition) is 4. The number of pyridine rings is 1. The van der Waals surface area contributed by atoms with E-state index in [9.17, 15) is 4.79 Å². The summed E-state index contributed by atoms with van der Waals surface area (Å²) in [6.45, 7) is 4.43. The first-order chi connectivity index (χ1) is 11.6. The average Bonchev–Trinajstić information content (AvgIpc) is 2.98. The van der Waals surface area contributed by atoms with Crippen LogP contribution in [-0.4, -0.2) is 33.7 Å². The second-order valence-corrected chi connectivity index (χ2v) is 5.65. The lowest BCUT2D eigenvalue weighted by molar-refractivity contribution is -0.123. The molecule has 6 nitrogen and oxygen atoms in total. The molecule has 3 rings (SSSR count). The van der Waals surface area contributed by atoms with Gasteiger partial charge in [-0.25, -0.2) is 0 Å². The minimum atomic E-state index is -0.147. The van der Waals surface area contributed by atoms with Gasteiger partial charge in [-0.1, -0.05) is 24.3 Å². The molecule has 0 atom stereocenters. The van der Waals surface area contributed by atoms with Gasteiger partial charge in [-0.05, 0) is 37.1 Å². The fourth-order valence-electron chi connectivity index (χ4n) is 2.59. The number of carbonyl (C=O) groups excluding carboxylic acids is 1. The summed E-state index contributed by atoms with van der Waals surface area (Å²) >= 11 is 0. The molecule has 2 heterocycles. The van der Waals surface area contributed by atoms with Crippen LogP contribution in [0.1, 0.15) is 17.0 Å². The summed E-state index contributed by atoms with van der Waals surface area (Å²) in [6, 6.07) is 11.7. The van der Waals surface area contributed by atoms with Gasteiger partial charge in [0.1, 0.15) is 11.6 Å². The first-order valence-corrected chi connectivity index (χ1v) is 7.89. The van der Waals surface area contributed by atoms with Crippen molar-refractivity contribution in [3.05, 3.63) is 59.5 Å². The molecule has 2 aromatic heterocycles. The molecule has 0 aliphatic heterocycles. The Morgan fingerprint density at radius 2 is 1.92 bits per heavy atom. The maximum absolute atomic E-state index is 12.0. The van der Waals surface area contributed by atoms with Gasteiger partial charge in [0.05, 0.1) is 0 Å². The van der Waals surface area contributed by atoms with Gasteiger partial charge < -0.3 is 10.1 Å². The van der Waals surface area contributed by atoms with Crippen molar-refractivity contribution in [2.24, 2.45) is 0 Å². The predicted octanol–water partition coefficient (Wildman–Crippen LogP) is 2.08. The van der Waals surface area contributed by atoms with Crippen molar-refractivity contribution < 1.29 is 9.53 Å². The third-order valence-corrected chi connectivity index (χ3v) is 3.81. The Balaban J connectivity index is 1.49. The van der Waals surface area contributed by atoms with Crippen molar-refractivity contribution in [3.8, 4) is 5.75 Å². The third-order valence-electron chi connectivity index (χ3n) is 3.81. The lowest BCUT2D eigenvalue weighted by Gasteiger charge is -2.11. The zero-order valence-corrected chi connectivity index (χ0v) is 13.8. The molecular weight excluding hydrogens is 304 g/mol. The lowest BCUT2D eigenvalue weighted by atomic mass is 10.1. The van der Waals surface area contributed by atoms with E-state index in [4.69, 9.17) is 4.74 Å². The van der Waals surface area contributed by atoms with Crippen LogP contribution in [0.25, 0.3) is 5.65 Å². The van der Waals surface area contributed by atoms with Crippen LogP contribution >= 0.6 is 0 Å². The van der Waals surface area contributed by atoms with Crippen molar-refractivity contribution in [3.63, 3.8) is 0 Å². The van der Waals surface area contributed by atoms with Gasteiger partial charge in [-0.15, -0.1) is 10.2 Å². The zero-order chi connectivity index (χ0) is 16.9. The molecule has 0 bridgehead atoms. The van der Waals surface area contributed by atoms with E-state index >= 15 is 0 Å². The van der Waals surface area contributed by atoms with Gasteiger partial charge >= 0.3 is 0 Å². The number of amides is 1. The smallest absolute Gasteiger partial charge is 0.257 e. The summed E-state index contributed by atoms with van der Waals surface area (Å²) in [5.41, 5.74) is 2.85. The maximum Gasteiger partial charge on any atom is 0.257 e. The van der Waals surface area contributed by atoms with E-state index in [1.165, 1.54) is 0 Å². The molecule has 24 heavy (non-hydrogen) atoms. The Morgan fingerprint density at radius 1 is 1.12 bits per heavy atom. The van der Waals surface area contributed by atoms with Gasteiger partial charge in [-0.2, -0.15) is 0 Å². The highest BCUT2D eigenvalue weighted by Crippen LogP contribution is 2.21. The molecule has 6 heteroatoms. The molecule has 0 saturated carbocycles. The van der Waals surface area contributed by atoms with Crippen molar-refractivity contribution in [1.29, 1.82) is 0 Å². The Bertz CT molecular complexity index is 837. The molecule has 124 valence electrons. The van der Waals surface area contributed by atoms with E-state index in [2.05, 4.69) is 15.5 Å². The molecule has 3 aromatic rings. The first kappa shape index (κ1) is 16.0. The summed E-state index contributed by atoms with van der Waals surface area (Å²) in [5.74, 6) is 1.45. The number of nitrogens with zero attached hydrogens (tertiary/aromatic N) is 3. The first-order valence-electron chi connectivity index (χ1n) is 7.89. The van der Waals surface area contributed by atoms with E-state index in [1.807, 2.05) is 60.8 Å². The summed E-state index contributed by atoms with van der Waals surface area (Å²) in [7, 11) is 0. The second kappa shape index (κ2) is 7.12. The van der Waals surface area contributed by atoms with Crippen LogP contribution in [-0.2, 0) is 11.2 Å². The zero-order valence-electron chi connectivity index (χ0n) is 13.8. The molecular formula is C18H20N4O2. The molecule has 0 radical (unpaired) electrons. The van der Waals surface area contributed by atoms with E-state index in [0.29, 0.717) is 13.0 Å². The Labute approximate surface area is 140 Å². The van der Waals surface area contributed by atoms with Gasteiger partial charge in [0.2, 0.25) is 0 Å². The van der Waals surface area contributed by atoms with E-state index in [-0.39, 0.29) is 12.5 Å². The Kier molecular flexibility index (Phi) is 4.74. The third kappa shape index (κ3) is 3.53. The number of fused-ring (bicyclic) bond motifs is 1. The second-order valence-electron chi connectivity index (χ2n) is 5.65. The number of ether oxygens (including phenoxy) is 1. The van der Waals surface area contributed by atoms with Gasteiger partial charge in [0, 0.05) is 19.2 Å². The summed E-state index contributed by atoms with van der Waals surface area (Å²) in [5, 5.41) is 11.1. The number of rotatable bonds is 6.